The van der Waals surface area contributed by atoms with Crippen molar-refractivity contribution in [2.45, 2.75) is 30.7 Å². The van der Waals surface area contributed by atoms with Crippen LogP contribution in [0, 0.1) is 0 Å². The number of thioether (sulfide) groups is 1. The molecular weight excluding hydrogens is 382 g/mol. The van der Waals surface area contributed by atoms with Gasteiger partial charge >= 0.3 is 0 Å². The van der Waals surface area contributed by atoms with Gasteiger partial charge in [0.1, 0.15) is 0 Å². The molecule has 0 atom stereocenters. The molecule has 3 rings (SSSR count). The minimum Gasteiger partial charge on any atom is -0.305 e. The van der Waals surface area contributed by atoms with E-state index in [0.717, 1.165) is 26.8 Å². The summed E-state index contributed by atoms with van der Waals surface area (Å²) in [6, 6.07) is 17.0. The molecule has 0 spiro atoms. The lowest BCUT2D eigenvalue weighted by Crippen LogP contribution is -1.95. The van der Waals surface area contributed by atoms with Crippen molar-refractivity contribution >= 4 is 27.7 Å². The molecule has 0 unspecified atom stereocenters. The van der Waals surface area contributed by atoms with Gasteiger partial charge in [-0.15, -0.1) is 10.2 Å². The highest BCUT2D eigenvalue weighted by atomic mass is 79.9. The smallest absolute Gasteiger partial charge is 0.191 e. The van der Waals surface area contributed by atoms with Gasteiger partial charge in [0.25, 0.3) is 0 Å². The van der Waals surface area contributed by atoms with Crippen LogP contribution < -0.4 is 0 Å². The van der Waals surface area contributed by atoms with Gasteiger partial charge in [0.2, 0.25) is 0 Å². The first-order valence-corrected chi connectivity index (χ1v) is 9.69. The van der Waals surface area contributed by atoms with Gasteiger partial charge in [-0.1, -0.05) is 77.9 Å². The summed E-state index contributed by atoms with van der Waals surface area (Å²) >= 11 is 5.17. The van der Waals surface area contributed by atoms with Gasteiger partial charge in [-0.25, -0.2) is 0 Å². The molecule has 0 saturated carbocycles. The molecule has 0 amide bonds. The Morgan fingerprint density at radius 3 is 2.29 bits per heavy atom. The maximum atomic E-state index is 4.37. The first kappa shape index (κ1) is 17.2. The number of rotatable bonds is 5. The summed E-state index contributed by atoms with van der Waals surface area (Å²) in [4.78, 5) is 0. The molecule has 0 aliphatic carbocycles. The van der Waals surface area contributed by atoms with Gasteiger partial charge in [-0.05, 0) is 29.2 Å². The summed E-state index contributed by atoms with van der Waals surface area (Å²) in [5.41, 5.74) is 3.71. The van der Waals surface area contributed by atoms with Crippen molar-refractivity contribution in [3.05, 3.63) is 64.1 Å². The van der Waals surface area contributed by atoms with Crippen molar-refractivity contribution in [2.24, 2.45) is 7.05 Å². The van der Waals surface area contributed by atoms with Crippen LogP contribution in [0.15, 0.2) is 58.2 Å². The second-order valence-corrected chi connectivity index (χ2v) is 7.92. The minimum absolute atomic E-state index is 0.538. The standard InChI is InChI=1S/C19H20BrN3S/c1-13(2)15-6-8-16(9-7-15)18-21-22-19(23(18)3)24-12-14-4-10-17(20)11-5-14/h4-11,13H,12H2,1-3H3. The van der Waals surface area contributed by atoms with E-state index in [4.69, 9.17) is 0 Å². The third-order valence-electron chi connectivity index (χ3n) is 3.95. The van der Waals surface area contributed by atoms with E-state index in [-0.39, 0.29) is 0 Å². The average molecular weight is 402 g/mol. The fourth-order valence-corrected chi connectivity index (χ4v) is 3.57. The van der Waals surface area contributed by atoms with Gasteiger partial charge in [-0.3, -0.25) is 0 Å². The fraction of sp³-hybridized carbons (Fsp3) is 0.263. The van der Waals surface area contributed by atoms with Crippen LogP contribution in [-0.2, 0) is 12.8 Å². The van der Waals surface area contributed by atoms with Gasteiger partial charge in [0.15, 0.2) is 11.0 Å². The van der Waals surface area contributed by atoms with E-state index in [1.165, 1.54) is 11.1 Å². The van der Waals surface area contributed by atoms with Crippen molar-refractivity contribution in [2.75, 3.05) is 0 Å². The lowest BCUT2D eigenvalue weighted by Gasteiger charge is -2.07. The Hall–Kier alpha value is -1.59. The predicted molar refractivity (Wildman–Crippen MR) is 104 cm³/mol. The molecule has 2 aromatic carbocycles. The van der Waals surface area contributed by atoms with Crippen molar-refractivity contribution in [1.82, 2.24) is 14.8 Å². The molecule has 0 radical (unpaired) electrons. The molecule has 3 aromatic rings. The maximum Gasteiger partial charge on any atom is 0.191 e. The number of nitrogens with zero attached hydrogens (tertiary/aromatic N) is 3. The third kappa shape index (κ3) is 3.90. The van der Waals surface area contributed by atoms with E-state index < -0.39 is 0 Å². The Morgan fingerprint density at radius 1 is 1.00 bits per heavy atom. The summed E-state index contributed by atoms with van der Waals surface area (Å²) in [5, 5.41) is 9.65. The Morgan fingerprint density at radius 2 is 1.67 bits per heavy atom. The number of aromatic nitrogens is 3. The molecule has 1 aromatic heterocycles. The fourth-order valence-electron chi connectivity index (χ4n) is 2.44. The molecule has 0 saturated heterocycles. The summed E-state index contributed by atoms with van der Waals surface area (Å²) in [5.74, 6) is 2.32. The molecule has 124 valence electrons. The Balaban J connectivity index is 1.74. The highest BCUT2D eigenvalue weighted by Gasteiger charge is 2.11. The maximum absolute atomic E-state index is 4.37. The van der Waals surface area contributed by atoms with Crippen molar-refractivity contribution in [3.63, 3.8) is 0 Å². The van der Waals surface area contributed by atoms with Crippen molar-refractivity contribution in [1.29, 1.82) is 0 Å². The van der Waals surface area contributed by atoms with Gasteiger partial charge in [0.05, 0.1) is 0 Å². The SMILES string of the molecule is CC(C)c1ccc(-c2nnc(SCc3ccc(Br)cc3)n2C)cc1. The molecule has 0 aliphatic heterocycles. The van der Waals surface area contributed by atoms with E-state index in [0.29, 0.717) is 5.92 Å². The van der Waals surface area contributed by atoms with E-state index in [1.807, 2.05) is 7.05 Å². The van der Waals surface area contributed by atoms with Crippen LogP contribution >= 0.6 is 27.7 Å². The van der Waals surface area contributed by atoms with Crippen LogP contribution in [0.4, 0.5) is 0 Å². The normalized spacial score (nSPS) is 11.2. The second kappa shape index (κ2) is 7.53. The van der Waals surface area contributed by atoms with E-state index in [2.05, 4.69) is 93.1 Å². The molecule has 5 heteroatoms. The molecule has 3 nitrogen and oxygen atoms in total. The lowest BCUT2D eigenvalue weighted by atomic mass is 10.0. The zero-order valence-corrected chi connectivity index (χ0v) is 16.4. The van der Waals surface area contributed by atoms with E-state index in [1.54, 1.807) is 11.8 Å². The first-order valence-electron chi connectivity index (χ1n) is 7.91. The highest BCUT2D eigenvalue weighted by Crippen LogP contribution is 2.26. The minimum atomic E-state index is 0.538. The van der Waals surface area contributed by atoms with Crippen LogP contribution in [0.25, 0.3) is 11.4 Å². The quantitative estimate of drug-likeness (QED) is 0.516. The van der Waals surface area contributed by atoms with Gasteiger partial charge in [-0.2, -0.15) is 0 Å². The number of hydrogen-bond donors (Lipinski definition) is 0. The van der Waals surface area contributed by atoms with Crippen LogP contribution in [-0.4, -0.2) is 14.8 Å². The molecule has 0 N–H and O–H groups in total. The highest BCUT2D eigenvalue weighted by molar-refractivity contribution is 9.10. The molecule has 1 heterocycles. The van der Waals surface area contributed by atoms with Crippen molar-refractivity contribution in [3.8, 4) is 11.4 Å². The number of benzene rings is 2. The Bertz CT molecular complexity index is 808. The summed E-state index contributed by atoms with van der Waals surface area (Å²) in [7, 11) is 2.02. The third-order valence-corrected chi connectivity index (χ3v) is 5.57. The second-order valence-electron chi connectivity index (χ2n) is 6.06. The van der Waals surface area contributed by atoms with Crippen LogP contribution in [0.1, 0.15) is 30.9 Å². The molecule has 0 aliphatic rings. The monoisotopic (exact) mass is 401 g/mol. The average Bonchev–Trinajstić information content (AvgIpc) is 2.95. The largest absolute Gasteiger partial charge is 0.305 e. The van der Waals surface area contributed by atoms with Gasteiger partial charge < -0.3 is 4.57 Å². The summed E-state index contributed by atoms with van der Waals surface area (Å²) in [6.07, 6.45) is 0. The number of halogens is 1. The molecule has 24 heavy (non-hydrogen) atoms. The van der Waals surface area contributed by atoms with Crippen molar-refractivity contribution < 1.29 is 0 Å². The van der Waals surface area contributed by atoms with E-state index >= 15 is 0 Å². The predicted octanol–water partition coefficient (Wildman–Crippen LogP) is 5.66. The van der Waals surface area contributed by atoms with Crippen LogP contribution in [0.2, 0.25) is 0 Å². The Kier molecular flexibility index (Phi) is 5.41. The van der Waals surface area contributed by atoms with E-state index in [9.17, 15) is 0 Å². The lowest BCUT2D eigenvalue weighted by molar-refractivity contribution is 0.793. The van der Waals surface area contributed by atoms with Crippen LogP contribution in [0.5, 0.6) is 0 Å². The number of hydrogen-bond acceptors (Lipinski definition) is 3. The zero-order valence-electron chi connectivity index (χ0n) is 14.0. The zero-order chi connectivity index (χ0) is 17.1. The summed E-state index contributed by atoms with van der Waals surface area (Å²) < 4.78 is 3.16. The first-order chi connectivity index (χ1) is 11.5. The van der Waals surface area contributed by atoms with Crippen LogP contribution in [0.3, 0.4) is 0 Å². The molecular formula is C19H20BrN3S. The molecule has 0 fully saturated rings. The van der Waals surface area contributed by atoms with Gasteiger partial charge in [0, 0.05) is 22.8 Å². The Labute approximate surface area is 155 Å². The topological polar surface area (TPSA) is 30.7 Å². The summed E-state index contributed by atoms with van der Waals surface area (Å²) in [6.45, 7) is 4.41. The molecule has 0 bridgehead atoms.